The summed E-state index contributed by atoms with van der Waals surface area (Å²) < 4.78 is 21.3. The molecule has 0 aromatic heterocycles. The number of carbonyl (C=O) groups is 2. The van der Waals surface area contributed by atoms with Gasteiger partial charge < -0.3 is 18.9 Å². The number of ether oxygens (including phenoxy) is 4. The molecule has 6 heteroatoms. The van der Waals surface area contributed by atoms with Crippen molar-refractivity contribution < 1.29 is 28.5 Å². The Morgan fingerprint density at radius 2 is 1.33 bits per heavy atom. The molecule has 0 fully saturated rings. The standard InChI is InChI=1S/C18H16O6/c1-21-9-5-6-10-11(7-9)15(19)16(20)12-8-13(22-2)17(23-3)18(24-4)14(10)12/h5-8H,1-4H3. The van der Waals surface area contributed by atoms with Crippen LogP contribution in [0.5, 0.6) is 23.0 Å². The number of Topliss-reactive ketones (excluding diaryl/α,β-unsaturated/α-hetero) is 2. The van der Waals surface area contributed by atoms with Gasteiger partial charge in [0.25, 0.3) is 0 Å². The van der Waals surface area contributed by atoms with Crippen molar-refractivity contribution in [2.75, 3.05) is 28.4 Å². The molecule has 0 unspecified atom stereocenters. The second kappa shape index (κ2) is 5.88. The highest BCUT2D eigenvalue weighted by molar-refractivity contribution is 6.53. The van der Waals surface area contributed by atoms with Crippen LogP contribution in [0, 0.1) is 0 Å². The van der Waals surface area contributed by atoms with E-state index in [1.807, 2.05) is 0 Å². The molecule has 0 atom stereocenters. The number of fused-ring (bicyclic) bond motifs is 3. The van der Waals surface area contributed by atoms with E-state index >= 15 is 0 Å². The third-order valence-electron chi connectivity index (χ3n) is 4.02. The maximum absolute atomic E-state index is 12.6. The SMILES string of the molecule is COc1ccc2c(c1)C(=O)C(=O)c1cc(OC)c(OC)c(OC)c1-2. The number of methoxy groups -OCH3 is 4. The van der Waals surface area contributed by atoms with E-state index in [2.05, 4.69) is 0 Å². The lowest BCUT2D eigenvalue weighted by atomic mass is 9.83. The summed E-state index contributed by atoms with van der Waals surface area (Å²) in [7, 11) is 5.91. The molecule has 6 nitrogen and oxygen atoms in total. The molecule has 1 aliphatic rings. The second-order valence-corrected chi connectivity index (χ2v) is 5.14. The van der Waals surface area contributed by atoms with Crippen LogP contribution >= 0.6 is 0 Å². The lowest BCUT2D eigenvalue weighted by Crippen LogP contribution is -2.22. The molecule has 1 aliphatic carbocycles. The monoisotopic (exact) mass is 328 g/mol. The molecule has 2 aromatic carbocycles. The molecule has 0 bridgehead atoms. The van der Waals surface area contributed by atoms with E-state index in [4.69, 9.17) is 18.9 Å². The van der Waals surface area contributed by atoms with Crippen LogP contribution in [-0.4, -0.2) is 40.0 Å². The van der Waals surface area contributed by atoms with Gasteiger partial charge in [0.2, 0.25) is 17.3 Å². The van der Waals surface area contributed by atoms with Crippen molar-refractivity contribution in [1.29, 1.82) is 0 Å². The third-order valence-corrected chi connectivity index (χ3v) is 4.02. The molecule has 0 heterocycles. The molecule has 0 N–H and O–H groups in total. The van der Waals surface area contributed by atoms with Crippen molar-refractivity contribution in [2.45, 2.75) is 0 Å². The average molecular weight is 328 g/mol. The quantitative estimate of drug-likeness (QED) is 0.804. The summed E-state index contributed by atoms with van der Waals surface area (Å²) in [6, 6.07) is 6.51. The maximum atomic E-state index is 12.6. The molecular formula is C18H16O6. The predicted octanol–water partition coefficient (Wildman–Crippen LogP) is 2.77. The van der Waals surface area contributed by atoms with Gasteiger partial charge in [0.1, 0.15) is 5.75 Å². The van der Waals surface area contributed by atoms with Gasteiger partial charge in [0.15, 0.2) is 11.5 Å². The summed E-state index contributed by atoms with van der Waals surface area (Å²) in [5.74, 6) is 0.321. The maximum Gasteiger partial charge on any atom is 0.234 e. The molecule has 0 aliphatic heterocycles. The van der Waals surface area contributed by atoms with Crippen LogP contribution < -0.4 is 18.9 Å². The van der Waals surface area contributed by atoms with E-state index in [1.165, 1.54) is 34.5 Å². The zero-order valence-electron chi connectivity index (χ0n) is 13.8. The van der Waals surface area contributed by atoms with Crippen LogP contribution in [0.2, 0.25) is 0 Å². The first kappa shape index (κ1) is 15.9. The minimum atomic E-state index is -0.620. The van der Waals surface area contributed by atoms with Crippen LogP contribution in [-0.2, 0) is 0 Å². The molecule has 124 valence electrons. The fraction of sp³-hybridized carbons (Fsp3) is 0.222. The zero-order chi connectivity index (χ0) is 17.4. The second-order valence-electron chi connectivity index (χ2n) is 5.14. The van der Waals surface area contributed by atoms with Gasteiger partial charge in [0, 0.05) is 16.7 Å². The predicted molar refractivity (Wildman–Crippen MR) is 86.7 cm³/mol. The number of ketones is 2. The highest BCUT2D eigenvalue weighted by Gasteiger charge is 2.35. The zero-order valence-corrected chi connectivity index (χ0v) is 13.8. The van der Waals surface area contributed by atoms with Crippen LogP contribution in [0.15, 0.2) is 24.3 Å². The lowest BCUT2D eigenvalue weighted by Gasteiger charge is -2.23. The first-order valence-electron chi connectivity index (χ1n) is 7.17. The summed E-state index contributed by atoms with van der Waals surface area (Å²) in [4.78, 5) is 25.1. The van der Waals surface area contributed by atoms with Crippen LogP contribution in [0.3, 0.4) is 0 Å². The molecule has 3 rings (SSSR count). The van der Waals surface area contributed by atoms with Crippen molar-refractivity contribution in [2.24, 2.45) is 0 Å². The molecule has 0 saturated heterocycles. The Hall–Kier alpha value is -3.02. The molecule has 0 spiro atoms. The van der Waals surface area contributed by atoms with Crippen molar-refractivity contribution in [1.82, 2.24) is 0 Å². The number of benzene rings is 2. The van der Waals surface area contributed by atoms with E-state index in [0.29, 0.717) is 34.1 Å². The van der Waals surface area contributed by atoms with Gasteiger partial charge in [-0.15, -0.1) is 0 Å². The molecule has 0 amide bonds. The molecule has 24 heavy (non-hydrogen) atoms. The van der Waals surface area contributed by atoms with Gasteiger partial charge in [-0.3, -0.25) is 9.59 Å². The Kier molecular flexibility index (Phi) is 3.89. The van der Waals surface area contributed by atoms with Gasteiger partial charge in [0.05, 0.1) is 28.4 Å². The summed E-state index contributed by atoms with van der Waals surface area (Å²) in [5.41, 5.74) is 1.61. The summed E-state index contributed by atoms with van der Waals surface area (Å²) in [6.07, 6.45) is 0. The number of hydrogen-bond acceptors (Lipinski definition) is 6. The van der Waals surface area contributed by atoms with Crippen molar-refractivity contribution in [3.8, 4) is 34.1 Å². The van der Waals surface area contributed by atoms with Crippen molar-refractivity contribution in [3.05, 3.63) is 35.4 Å². The lowest BCUT2D eigenvalue weighted by molar-refractivity contribution is 0.0814. The number of rotatable bonds is 4. The number of carbonyl (C=O) groups excluding carboxylic acids is 2. The first-order chi connectivity index (χ1) is 11.6. The van der Waals surface area contributed by atoms with Crippen molar-refractivity contribution in [3.63, 3.8) is 0 Å². The van der Waals surface area contributed by atoms with Crippen molar-refractivity contribution >= 4 is 11.6 Å². The van der Waals surface area contributed by atoms with Gasteiger partial charge in [-0.25, -0.2) is 0 Å². The molecular weight excluding hydrogens is 312 g/mol. The molecule has 2 aromatic rings. The van der Waals surface area contributed by atoms with Gasteiger partial charge >= 0.3 is 0 Å². The minimum Gasteiger partial charge on any atom is -0.497 e. The summed E-state index contributed by atoms with van der Waals surface area (Å²) >= 11 is 0. The highest BCUT2D eigenvalue weighted by atomic mass is 16.5. The van der Waals surface area contributed by atoms with Gasteiger partial charge in [-0.2, -0.15) is 0 Å². The van der Waals surface area contributed by atoms with Crippen LogP contribution in [0.25, 0.3) is 11.1 Å². The number of hydrogen-bond donors (Lipinski definition) is 0. The third kappa shape index (κ3) is 2.11. The Balaban J connectivity index is 2.41. The van der Waals surface area contributed by atoms with Crippen LogP contribution in [0.4, 0.5) is 0 Å². The fourth-order valence-electron chi connectivity index (χ4n) is 2.90. The van der Waals surface area contributed by atoms with Gasteiger partial charge in [-0.05, 0) is 29.8 Å². The Morgan fingerprint density at radius 1 is 0.667 bits per heavy atom. The van der Waals surface area contributed by atoms with Gasteiger partial charge in [-0.1, -0.05) is 0 Å². The normalized spacial score (nSPS) is 12.3. The summed E-state index contributed by atoms with van der Waals surface area (Å²) in [6.45, 7) is 0. The first-order valence-corrected chi connectivity index (χ1v) is 7.17. The molecule has 0 radical (unpaired) electrons. The smallest absolute Gasteiger partial charge is 0.234 e. The Morgan fingerprint density at radius 3 is 1.92 bits per heavy atom. The van der Waals surface area contributed by atoms with E-state index in [0.717, 1.165) is 0 Å². The minimum absolute atomic E-state index is 0.229. The van der Waals surface area contributed by atoms with Crippen LogP contribution in [0.1, 0.15) is 20.7 Å². The highest BCUT2D eigenvalue weighted by Crippen LogP contribution is 2.49. The fourth-order valence-corrected chi connectivity index (χ4v) is 2.90. The Bertz CT molecular complexity index is 853. The summed E-state index contributed by atoms with van der Waals surface area (Å²) in [5, 5.41) is 0. The average Bonchev–Trinajstić information content (AvgIpc) is 2.63. The van der Waals surface area contributed by atoms with E-state index in [-0.39, 0.29) is 11.1 Å². The largest absolute Gasteiger partial charge is 0.497 e. The molecule has 0 saturated carbocycles. The van der Waals surface area contributed by atoms with E-state index in [9.17, 15) is 9.59 Å². The van der Waals surface area contributed by atoms with E-state index in [1.54, 1.807) is 18.2 Å². The topological polar surface area (TPSA) is 71.1 Å². The Labute approximate surface area is 138 Å². The van der Waals surface area contributed by atoms with E-state index < -0.39 is 11.6 Å².